The molecular weight excluding hydrogens is 256 g/mol. The van der Waals surface area contributed by atoms with Crippen molar-refractivity contribution >= 4 is 17.4 Å². The van der Waals surface area contributed by atoms with Gasteiger partial charge in [0.2, 0.25) is 5.91 Å². The predicted molar refractivity (Wildman–Crippen MR) is 79.1 cm³/mol. The van der Waals surface area contributed by atoms with Crippen molar-refractivity contribution in [1.29, 1.82) is 0 Å². The van der Waals surface area contributed by atoms with Crippen molar-refractivity contribution < 1.29 is 9.53 Å². The van der Waals surface area contributed by atoms with E-state index in [2.05, 4.69) is 20.5 Å². The second-order valence-electron chi connectivity index (χ2n) is 4.66. The highest BCUT2D eigenvalue weighted by atomic mass is 16.5. The van der Waals surface area contributed by atoms with E-state index in [4.69, 9.17) is 4.74 Å². The Balaban J connectivity index is 1.83. The van der Waals surface area contributed by atoms with Gasteiger partial charge in [0.25, 0.3) is 0 Å². The van der Waals surface area contributed by atoms with Crippen molar-refractivity contribution in [3.63, 3.8) is 0 Å². The number of hydrogen-bond acceptors (Lipinski definition) is 5. The summed E-state index contributed by atoms with van der Waals surface area (Å²) in [6.45, 7) is 6.80. The fraction of sp³-hybridized carbons (Fsp3) is 0.571. The van der Waals surface area contributed by atoms with Gasteiger partial charge in [-0.3, -0.25) is 4.79 Å². The van der Waals surface area contributed by atoms with Crippen LogP contribution in [0, 0.1) is 0 Å². The fourth-order valence-electron chi connectivity index (χ4n) is 2.04. The largest absolute Gasteiger partial charge is 0.378 e. The Labute approximate surface area is 119 Å². The minimum atomic E-state index is 0.00636. The summed E-state index contributed by atoms with van der Waals surface area (Å²) in [5.41, 5.74) is 0.739. The molecular formula is C14H22N4O2. The zero-order valence-corrected chi connectivity index (χ0v) is 11.9. The molecule has 0 aromatic carbocycles. The number of aromatic nitrogens is 1. The lowest BCUT2D eigenvalue weighted by Crippen LogP contribution is -2.36. The van der Waals surface area contributed by atoms with Crippen molar-refractivity contribution in [1.82, 2.24) is 10.3 Å². The maximum absolute atomic E-state index is 11.7. The van der Waals surface area contributed by atoms with Gasteiger partial charge < -0.3 is 20.3 Å². The minimum absolute atomic E-state index is 0.00636. The third-order valence-corrected chi connectivity index (χ3v) is 3.15. The molecule has 6 heteroatoms. The standard InChI is InChI=1S/C14H22N4O2/c1-2-15-6-5-14(19)17-12-3-4-13(16-11-12)18-7-9-20-10-8-18/h3-4,11,15H,2,5-10H2,1H3,(H,17,19). The maximum atomic E-state index is 11.7. The summed E-state index contributed by atoms with van der Waals surface area (Å²) in [6.07, 6.45) is 2.18. The van der Waals surface area contributed by atoms with Crippen LogP contribution in [-0.4, -0.2) is 50.3 Å². The molecule has 1 aliphatic rings. The molecule has 1 saturated heterocycles. The van der Waals surface area contributed by atoms with E-state index in [0.29, 0.717) is 13.0 Å². The Kier molecular flexibility index (Phi) is 5.76. The Morgan fingerprint density at radius 3 is 2.85 bits per heavy atom. The number of carbonyl (C=O) groups is 1. The zero-order chi connectivity index (χ0) is 14.2. The summed E-state index contributed by atoms with van der Waals surface area (Å²) >= 11 is 0. The number of nitrogens with one attached hydrogen (secondary N) is 2. The second-order valence-corrected chi connectivity index (χ2v) is 4.66. The first-order valence-electron chi connectivity index (χ1n) is 7.09. The monoisotopic (exact) mass is 278 g/mol. The molecule has 2 N–H and O–H groups in total. The van der Waals surface area contributed by atoms with Crippen molar-refractivity contribution in [2.75, 3.05) is 49.6 Å². The molecule has 0 atom stereocenters. The first-order valence-corrected chi connectivity index (χ1v) is 7.09. The molecule has 2 rings (SSSR count). The molecule has 0 saturated carbocycles. The van der Waals surface area contributed by atoms with Crippen LogP contribution in [0.1, 0.15) is 13.3 Å². The summed E-state index contributed by atoms with van der Waals surface area (Å²) in [4.78, 5) is 18.2. The van der Waals surface area contributed by atoms with E-state index in [9.17, 15) is 4.79 Å². The molecule has 110 valence electrons. The van der Waals surface area contributed by atoms with E-state index >= 15 is 0 Å². The van der Waals surface area contributed by atoms with E-state index < -0.39 is 0 Å². The molecule has 1 amide bonds. The molecule has 1 aromatic heterocycles. The molecule has 0 spiro atoms. The number of hydrogen-bond donors (Lipinski definition) is 2. The first kappa shape index (κ1) is 14.7. The van der Waals surface area contributed by atoms with Gasteiger partial charge >= 0.3 is 0 Å². The summed E-state index contributed by atoms with van der Waals surface area (Å²) in [7, 11) is 0. The Bertz CT molecular complexity index is 416. The van der Waals surface area contributed by atoms with Gasteiger partial charge in [0.15, 0.2) is 0 Å². The van der Waals surface area contributed by atoms with Crippen LogP contribution in [0.4, 0.5) is 11.5 Å². The second kappa shape index (κ2) is 7.81. The van der Waals surface area contributed by atoms with E-state index in [1.54, 1.807) is 6.20 Å². The van der Waals surface area contributed by atoms with Gasteiger partial charge in [-0.25, -0.2) is 4.98 Å². The lowest BCUT2D eigenvalue weighted by Gasteiger charge is -2.27. The van der Waals surface area contributed by atoms with Crippen molar-refractivity contribution in [3.8, 4) is 0 Å². The van der Waals surface area contributed by atoms with Gasteiger partial charge in [-0.15, -0.1) is 0 Å². The van der Waals surface area contributed by atoms with Gasteiger partial charge in [-0.05, 0) is 18.7 Å². The van der Waals surface area contributed by atoms with Crippen LogP contribution >= 0.6 is 0 Å². The molecule has 0 unspecified atom stereocenters. The van der Waals surface area contributed by atoms with Gasteiger partial charge in [-0.1, -0.05) is 6.92 Å². The lowest BCUT2D eigenvalue weighted by molar-refractivity contribution is -0.116. The van der Waals surface area contributed by atoms with Crippen molar-refractivity contribution in [2.24, 2.45) is 0 Å². The third kappa shape index (κ3) is 4.47. The highest BCUT2D eigenvalue weighted by Gasteiger charge is 2.12. The van der Waals surface area contributed by atoms with Crippen LogP contribution in [-0.2, 0) is 9.53 Å². The summed E-state index contributed by atoms with van der Waals surface area (Å²) in [6, 6.07) is 3.83. The number of rotatable bonds is 6. The predicted octanol–water partition coefficient (Wildman–Crippen LogP) is 0.856. The van der Waals surface area contributed by atoms with E-state index in [1.807, 2.05) is 19.1 Å². The van der Waals surface area contributed by atoms with E-state index in [-0.39, 0.29) is 5.91 Å². The van der Waals surface area contributed by atoms with Crippen molar-refractivity contribution in [3.05, 3.63) is 18.3 Å². The first-order chi connectivity index (χ1) is 9.79. The number of pyridine rings is 1. The number of morpholine rings is 1. The number of carbonyl (C=O) groups excluding carboxylic acids is 1. The molecule has 1 aromatic rings. The smallest absolute Gasteiger partial charge is 0.225 e. The molecule has 1 fully saturated rings. The van der Waals surface area contributed by atoms with Crippen molar-refractivity contribution in [2.45, 2.75) is 13.3 Å². The topological polar surface area (TPSA) is 66.5 Å². The Morgan fingerprint density at radius 1 is 1.40 bits per heavy atom. The molecule has 0 radical (unpaired) electrons. The Hall–Kier alpha value is -1.66. The fourth-order valence-corrected chi connectivity index (χ4v) is 2.04. The van der Waals surface area contributed by atoms with Gasteiger partial charge in [0.1, 0.15) is 5.82 Å². The summed E-state index contributed by atoms with van der Waals surface area (Å²) < 4.78 is 5.31. The normalized spacial score (nSPS) is 15.2. The zero-order valence-electron chi connectivity index (χ0n) is 11.9. The molecule has 6 nitrogen and oxygen atoms in total. The maximum Gasteiger partial charge on any atom is 0.225 e. The molecule has 0 aliphatic carbocycles. The number of nitrogens with zero attached hydrogens (tertiary/aromatic N) is 2. The quantitative estimate of drug-likeness (QED) is 0.755. The van der Waals surface area contributed by atoms with Gasteiger partial charge in [0, 0.05) is 26.1 Å². The van der Waals surface area contributed by atoms with Crippen LogP contribution < -0.4 is 15.5 Å². The SMILES string of the molecule is CCNCCC(=O)Nc1ccc(N2CCOCC2)nc1. The van der Waals surface area contributed by atoms with Crippen LogP contribution in [0.2, 0.25) is 0 Å². The van der Waals surface area contributed by atoms with Crippen LogP contribution in [0.15, 0.2) is 18.3 Å². The highest BCUT2D eigenvalue weighted by molar-refractivity contribution is 5.90. The number of ether oxygens (including phenoxy) is 1. The average molecular weight is 278 g/mol. The minimum Gasteiger partial charge on any atom is -0.378 e. The highest BCUT2D eigenvalue weighted by Crippen LogP contribution is 2.15. The number of anilines is 2. The summed E-state index contributed by atoms with van der Waals surface area (Å²) in [5.74, 6) is 0.936. The average Bonchev–Trinajstić information content (AvgIpc) is 2.49. The van der Waals surface area contributed by atoms with Crippen LogP contribution in [0.25, 0.3) is 0 Å². The van der Waals surface area contributed by atoms with Crippen LogP contribution in [0.3, 0.4) is 0 Å². The van der Waals surface area contributed by atoms with Crippen LogP contribution in [0.5, 0.6) is 0 Å². The third-order valence-electron chi connectivity index (χ3n) is 3.15. The van der Waals surface area contributed by atoms with Gasteiger partial charge in [-0.2, -0.15) is 0 Å². The Morgan fingerprint density at radius 2 is 2.20 bits per heavy atom. The molecule has 2 heterocycles. The summed E-state index contributed by atoms with van der Waals surface area (Å²) in [5, 5.41) is 5.97. The molecule has 20 heavy (non-hydrogen) atoms. The lowest BCUT2D eigenvalue weighted by atomic mass is 10.3. The van der Waals surface area contributed by atoms with E-state index in [0.717, 1.165) is 44.4 Å². The van der Waals surface area contributed by atoms with E-state index in [1.165, 1.54) is 0 Å². The van der Waals surface area contributed by atoms with Gasteiger partial charge in [0.05, 0.1) is 25.1 Å². The number of amides is 1. The molecule has 0 bridgehead atoms. The molecule has 1 aliphatic heterocycles.